The number of aliphatic carboxylic acids is 1. The fourth-order valence-corrected chi connectivity index (χ4v) is 5.58. The minimum absolute atomic E-state index is 0.0958. The van der Waals surface area contributed by atoms with Gasteiger partial charge < -0.3 is 9.84 Å². The van der Waals surface area contributed by atoms with E-state index in [1.807, 2.05) is 43.3 Å². The Morgan fingerprint density at radius 3 is 2.47 bits per heavy atom. The summed E-state index contributed by atoms with van der Waals surface area (Å²) < 4.78 is 7.55. The van der Waals surface area contributed by atoms with E-state index in [-0.39, 0.29) is 5.92 Å². The maximum absolute atomic E-state index is 12.1. The van der Waals surface area contributed by atoms with Gasteiger partial charge in [0.05, 0.1) is 21.5 Å². The number of rotatable bonds is 5. The molecule has 5 nitrogen and oxygen atoms in total. The van der Waals surface area contributed by atoms with Gasteiger partial charge in [-0.25, -0.2) is 4.98 Å². The van der Waals surface area contributed by atoms with Gasteiger partial charge in [0.25, 0.3) is 0 Å². The topological polar surface area (TPSA) is 63.8 Å². The van der Waals surface area contributed by atoms with Gasteiger partial charge in [-0.2, -0.15) is 0 Å². The van der Waals surface area contributed by atoms with Crippen LogP contribution >= 0.6 is 23.2 Å². The Hall–Kier alpha value is -2.60. The van der Waals surface area contributed by atoms with Gasteiger partial charge in [-0.3, -0.25) is 9.20 Å². The minimum atomic E-state index is -0.772. The predicted molar refractivity (Wildman–Crippen MR) is 135 cm³/mol. The first-order chi connectivity index (χ1) is 16.3. The first-order valence-corrected chi connectivity index (χ1v) is 12.2. The zero-order valence-corrected chi connectivity index (χ0v) is 20.7. The molecule has 7 heteroatoms. The number of ether oxygens (including phenoxy) is 1. The number of aryl methyl sites for hydroxylation is 2. The molecule has 0 aliphatic carbocycles. The van der Waals surface area contributed by atoms with Crippen molar-refractivity contribution >= 4 is 45.7 Å². The number of nitrogens with zero attached hydrogens (tertiary/aromatic N) is 2. The van der Waals surface area contributed by atoms with Crippen LogP contribution in [0.2, 0.25) is 10.0 Å². The van der Waals surface area contributed by atoms with Crippen molar-refractivity contribution in [3.8, 4) is 0 Å². The molecular formula is C27H26Cl2N2O3. The second kappa shape index (κ2) is 9.21. The Bertz CT molecular complexity index is 1390. The normalized spacial score (nSPS) is 15.8. The average Bonchev–Trinajstić information content (AvgIpc) is 3.08. The molecule has 5 rings (SSSR count). The standard InChI is InChI=1S/C27H26Cl2N2O3/c1-15-11-16(2)31-24-14-23(29)22(28)13-20(24)21(26(31)30-15)12-17-3-5-18(6-4-17)25(27(32)33)19-7-9-34-10-8-19/h3-6,11,13-14,19,25H,7-10,12H2,1-2H3,(H,32,33). The molecule has 1 unspecified atom stereocenters. The third-order valence-electron chi connectivity index (χ3n) is 6.86. The first-order valence-electron chi connectivity index (χ1n) is 11.5. The number of carboxylic acids is 1. The number of halogens is 2. The smallest absolute Gasteiger partial charge is 0.311 e. The molecule has 0 spiro atoms. The van der Waals surface area contributed by atoms with E-state index in [0.717, 1.165) is 57.5 Å². The molecule has 0 radical (unpaired) electrons. The van der Waals surface area contributed by atoms with Crippen LogP contribution in [0.4, 0.5) is 0 Å². The summed E-state index contributed by atoms with van der Waals surface area (Å²) in [4.78, 5) is 16.9. The number of fused-ring (bicyclic) bond motifs is 3. The molecule has 1 saturated heterocycles. The van der Waals surface area contributed by atoms with Gasteiger partial charge in [-0.1, -0.05) is 47.5 Å². The lowest BCUT2D eigenvalue weighted by molar-refractivity contribution is -0.141. The summed E-state index contributed by atoms with van der Waals surface area (Å²) in [6, 6.07) is 13.8. The number of aromatic nitrogens is 2. The summed E-state index contributed by atoms with van der Waals surface area (Å²) in [5.74, 6) is -1.19. The van der Waals surface area contributed by atoms with E-state index >= 15 is 0 Å². The van der Waals surface area contributed by atoms with Crippen LogP contribution in [0.1, 0.15) is 46.8 Å². The average molecular weight is 497 g/mol. The second-order valence-corrected chi connectivity index (χ2v) is 9.96. The van der Waals surface area contributed by atoms with Crippen LogP contribution < -0.4 is 0 Å². The van der Waals surface area contributed by atoms with Gasteiger partial charge in [0.2, 0.25) is 0 Å². The van der Waals surface area contributed by atoms with Crippen LogP contribution in [0, 0.1) is 19.8 Å². The molecule has 1 fully saturated rings. The third-order valence-corrected chi connectivity index (χ3v) is 7.58. The molecule has 176 valence electrons. The zero-order valence-electron chi connectivity index (χ0n) is 19.1. The van der Waals surface area contributed by atoms with E-state index < -0.39 is 11.9 Å². The molecule has 1 aliphatic rings. The number of carbonyl (C=O) groups is 1. The molecule has 1 aliphatic heterocycles. The highest BCUT2D eigenvalue weighted by Gasteiger charge is 2.31. The number of hydrogen-bond donors (Lipinski definition) is 1. The van der Waals surface area contributed by atoms with Crippen molar-refractivity contribution < 1.29 is 14.6 Å². The summed E-state index contributed by atoms with van der Waals surface area (Å²) in [6.45, 7) is 5.30. The van der Waals surface area contributed by atoms with Gasteiger partial charge in [-0.05, 0) is 61.9 Å². The van der Waals surface area contributed by atoms with Crippen molar-refractivity contribution in [1.82, 2.24) is 9.38 Å². The maximum Gasteiger partial charge on any atom is 0.311 e. The fourth-order valence-electron chi connectivity index (χ4n) is 5.26. The van der Waals surface area contributed by atoms with Crippen molar-refractivity contribution in [2.45, 2.75) is 39.0 Å². The number of carboxylic acid groups (broad SMARTS) is 1. The van der Waals surface area contributed by atoms with Crippen LogP contribution in [0.3, 0.4) is 0 Å². The second-order valence-electron chi connectivity index (χ2n) is 9.14. The van der Waals surface area contributed by atoms with Crippen molar-refractivity contribution in [1.29, 1.82) is 0 Å². The van der Waals surface area contributed by atoms with Crippen molar-refractivity contribution in [3.05, 3.63) is 80.6 Å². The van der Waals surface area contributed by atoms with Crippen molar-refractivity contribution in [2.24, 2.45) is 5.92 Å². The largest absolute Gasteiger partial charge is 0.481 e. The lowest BCUT2D eigenvalue weighted by Gasteiger charge is -2.28. The summed E-state index contributed by atoms with van der Waals surface area (Å²) >= 11 is 12.8. The number of hydrogen-bond acceptors (Lipinski definition) is 3. The Labute approximate surface area is 208 Å². The van der Waals surface area contributed by atoms with Gasteiger partial charge in [0, 0.05) is 42.0 Å². The van der Waals surface area contributed by atoms with Crippen LogP contribution in [0.5, 0.6) is 0 Å². The van der Waals surface area contributed by atoms with E-state index in [4.69, 9.17) is 32.9 Å². The molecule has 0 bridgehead atoms. The van der Waals surface area contributed by atoms with E-state index in [2.05, 4.69) is 17.4 Å². The zero-order chi connectivity index (χ0) is 24.0. The van der Waals surface area contributed by atoms with Gasteiger partial charge in [0.15, 0.2) is 0 Å². The molecule has 1 atom stereocenters. The van der Waals surface area contributed by atoms with Crippen LogP contribution in [0.25, 0.3) is 16.6 Å². The molecule has 4 aromatic rings. The van der Waals surface area contributed by atoms with Crippen LogP contribution in [-0.2, 0) is 16.0 Å². The van der Waals surface area contributed by atoms with Crippen molar-refractivity contribution in [3.63, 3.8) is 0 Å². The summed E-state index contributed by atoms with van der Waals surface area (Å²) in [5.41, 5.74) is 6.89. The summed E-state index contributed by atoms with van der Waals surface area (Å²) in [6.07, 6.45) is 2.19. The highest BCUT2D eigenvalue weighted by molar-refractivity contribution is 6.42. The van der Waals surface area contributed by atoms with Crippen molar-refractivity contribution in [2.75, 3.05) is 13.2 Å². The number of benzene rings is 2. The molecule has 2 aromatic carbocycles. The Morgan fingerprint density at radius 1 is 1.12 bits per heavy atom. The quantitative estimate of drug-likeness (QED) is 0.338. The molecule has 1 N–H and O–H groups in total. The monoisotopic (exact) mass is 496 g/mol. The van der Waals surface area contributed by atoms with E-state index in [0.29, 0.717) is 29.7 Å². The lowest BCUT2D eigenvalue weighted by Crippen LogP contribution is -2.27. The fraction of sp³-hybridized carbons (Fsp3) is 0.333. The maximum atomic E-state index is 12.1. The molecule has 0 saturated carbocycles. The highest BCUT2D eigenvalue weighted by Crippen LogP contribution is 2.36. The van der Waals surface area contributed by atoms with E-state index in [1.165, 1.54) is 0 Å². The summed E-state index contributed by atoms with van der Waals surface area (Å²) in [7, 11) is 0. The van der Waals surface area contributed by atoms with E-state index in [1.54, 1.807) is 0 Å². The van der Waals surface area contributed by atoms with Crippen LogP contribution in [0.15, 0.2) is 42.5 Å². The minimum Gasteiger partial charge on any atom is -0.481 e. The molecule has 0 amide bonds. The Morgan fingerprint density at radius 2 is 1.79 bits per heavy atom. The summed E-state index contributed by atoms with van der Waals surface area (Å²) in [5, 5.41) is 12.0. The van der Waals surface area contributed by atoms with E-state index in [9.17, 15) is 9.90 Å². The Kier molecular flexibility index (Phi) is 6.28. The SMILES string of the molecule is Cc1cc(C)n2c(n1)c(Cc1ccc(C(C(=O)O)C3CCOCC3)cc1)c1cc(Cl)c(Cl)cc12. The molecule has 2 aromatic heterocycles. The van der Waals surface area contributed by atoms with Gasteiger partial charge >= 0.3 is 5.97 Å². The Balaban J connectivity index is 1.55. The highest BCUT2D eigenvalue weighted by atomic mass is 35.5. The van der Waals surface area contributed by atoms with Gasteiger partial charge in [-0.15, -0.1) is 0 Å². The first kappa shape index (κ1) is 23.2. The third kappa shape index (κ3) is 4.17. The molecular weight excluding hydrogens is 471 g/mol. The molecule has 3 heterocycles. The molecule has 34 heavy (non-hydrogen) atoms. The van der Waals surface area contributed by atoms with Crippen LogP contribution in [-0.4, -0.2) is 33.7 Å². The predicted octanol–water partition coefficient (Wildman–Crippen LogP) is 6.60. The lowest BCUT2D eigenvalue weighted by atomic mass is 9.81. The van der Waals surface area contributed by atoms with Gasteiger partial charge in [0.1, 0.15) is 5.65 Å².